The van der Waals surface area contributed by atoms with Gasteiger partial charge in [-0.3, -0.25) is 0 Å². The quantitative estimate of drug-likeness (QED) is 0.187. The fourth-order valence-electron chi connectivity index (χ4n) is 3.91. The molecule has 0 nitrogen and oxygen atoms in total. The topological polar surface area (TPSA) is 0 Å². The molecule has 0 saturated heterocycles. The predicted molar refractivity (Wildman–Crippen MR) is 125 cm³/mol. The summed E-state index contributed by atoms with van der Waals surface area (Å²) in [4.78, 5) is 0. The van der Waals surface area contributed by atoms with Crippen molar-refractivity contribution < 1.29 is 0 Å². The van der Waals surface area contributed by atoms with Crippen LogP contribution in [0.15, 0.2) is 103 Å². The summed E-state index contributed by atoms with van der Waals surface area (Å²) >= 11 is 2.43. The molecule has 0 N–H and O–H groups in total. The molecule has 0 aliphatic rings. The van der Waals surface area contributed by atoms with Crippen LogP contribution in [0.5, 0.6) is 0 Å². The van der Waals surface area contributed by atoms with Gasteiger partial charge in [-0.05, 0) is 78.5 Å². The van der Waals surface area contributed by atoms with Crippen LogP contribution in [0.2, 0.25) is 0 Å². The van der Waals surface area contributed by atoms with Crippen molar-refractivity contribution in [2.75, 3.05) is 0 Å². The summed E-state index contributed by atoms with van der Waals surface area (Å²) in [7, 11) is 0. The normalized spacial score (nSPS) is 11.1. The van der Waals surface area contributed by atoms with E-state index in [4.69, 9.17) is 0 Å². The van der Waals surface area contributed by atoms with Crippen LogP contribution in [-0.2, 0) is 0 Å². The van der Waals surface area contributed by atoms with Gasteiger partial charge >= 0.3 is 0 Å². The van der Waals surface area contributed by atoms with E-state index in [2.05, 4.69) is 126 Å². The van der Waals surface area contributed by atoms with Crippen LogP contribution >= 0.6 is 22.6 Å². The monoisotopic (exact) mass is 456 g/mol. The molecule has 0 fully saturated rings. The Labute approximate surface area is 172 Å². The smallest absolute Gasteiger partial charge is 0.0209 e. The van der Waals surface area contributed by atoms with Gasteiger partial charge in [-0.25, -0.2) is 0 Å². The third-order valence-electron chi connectivity index (χ3n) is 5.15. The van der Waals surface area contributed by atoms with Crippen molar-refractivity contribution in [3.05, 3.63) is 107 Å². The molecule has 5 aromatic rings. The van der Waals surface area contributed by atoms with Crippen LogP contribution in [0.4, 0.5) is 0 Å². The summed E-state index contributed by atoms with van der Waals surface area (Å²) in [6.45, 7) is 0. The van der Waals surface area contributed by atoms with Crippen LogP contribution in [-0.4, -0.2) is 0 Å². The molecule has 1 heteroatoms. The van der Waals surface area contributed by atoms with E-state index in [0.717, 1.165) is 0 Å². The minimum atomic E-state index is 1.27. The SMILES string of the molecule is Ic1ccccc1-c1ccccc1-c1cc2ccccc2c2ccccc12. The summed E-state index contributed by atoms with van der Waals surface area (Å²) < 4.78 is 1.27. The zero-order valence-electron chi connectivity index (χ0n) is 14.7. The van der Waals surface area contributed by atoms with Crippen molar-refractivity contribution in [1.29, 1.82) is 0 Å². The van der Waals surface area contributed by atoms with Crippen LogP contribution in [0.1, 0.15) is 0 Å². The fourth-order valence-corrected chi connectivity index (χ4v) is 4.59. The maximum atomic E-state index is 2.43. The molecule has 0 bridgehead atoms. The lowest BCUT2D eigenvalue weighted by atomic mass is 9.89. The third kappa shape index (κ3) is 2.83. The Hall–Kier alpha value is -2.65. The van der Waals surface area contributed by atoms with Gasteiger partial charge in [-0.1, -0.05) is 91.0 Å². The maximum absolute atomic E-state index is 2.43. The number of benzene rings is 5. The van der Waals surface area contributed by atoms with Crippen LogP contribution in [0.3, 0.4) is 0 Å². The van der Waals surface area contributed by atoms with Gasteiger partial charge in [0.05, 0.1) is 0 Å². The van der Waals surface area contributed by atoms with Gasteiger partial charge in [0, 0.05) is 3.57 Å². The number of hydrogen-bond acceptors (Lipinski definition) is 0. The number of fused-ring (bicyclic) bond motifs is 3. The lowest BCUT2D eigenvalue weighted by Gasteiger charge is -2.15. The lowest BCUT2D eigenvalue weighted by molar-refractivity contribution is 1.57. The molecule has 0 radical (unpaired) electrons. The van der Waals surface area contributed by atoms with E-state index < -0.39 is 0 Å². The van der Waals surface area contributed by atoms with Crippen molar-refractivity contribution in [3.63, 3.8) is 0 Å². The highest BCUT2D eigenvalue weighted by Crippen LogP contribution is 2.40. The molecule has 0 heterocycles. The molecule has 0 aliphatic heterocycles. The first-order chi connectivity index (χ1) is 13.3. The molecular formula is C26H17I. The van der Waals surface area contributed by atoms with Gasteiger partial charge in [0.1, 0.15) is 0 Å². The summed E-state index contributed by atoms with van der Waals surface area (Å²) in [5.41, 5.74) is 5.14. The molecule has 0 unspecified atom stereocenters. The van der Waals surface area contributed by atoms with E-state index in [9.17, 15) is 0 Å². The Morgan fingerprint density at radius 3 is 1.67 bits per heavy atom. The Morgan fingerprint density at radius 1 is 0.407 bits per heavy atom. The molecule has 0 saturated carbocycles. The van der Waals surface area contributed by atoms with Crippen LogP contribution < -0.4 is 0 Å². The average molecular weight is 456 g/mol. The largest absolute Gasteiger partial charge is 0.0616 e. The maximum Gasteiger partial charge on any atom is 0.0209 e. The van der Waals surface area contributed by atoms with E-state index in [1.54, 1.807) is 0 Å². The van der Waals surface area contributed by atoms with Crippen molar-refractivity contribution in [1.82, 2.24) is 0 Å². The highest BCUT2D eigenvalue weighted by atomic mass is 127. The van der Waals surface area contributed by atoms with Crippen molar-refractivity contribution in [3.8, 4) is 22.3 Å². The molecule has 27 heavy (non-hydrogen) atoms. The zero-order chi connectivity index (χ0) is 18.2. The summed E-state index contributed by atoms with van der Waals surface area (Å²) in [6, 6.07) is 37.1. The minimum absolute atomic E-state index is 1.27. The average Bonchev–Trinajstić information content (AvgIpc) is 2.74. The zero-order valence-corrected chi connectivity index (χ0v) is 16.9. The van der Waals surface area contributed by atoms with Crippen molar-refractivity contribution >= 4 is 44.1 Å². The molecule has 0 aliphatic carbocycles. The van der Waals surface area contributed by atoms with E-state index in [1.165, 1.54) is 47.4 Å². The van der Waals surface area contributed by atoms with Gasteiger partial charge in [-0.2, -0.15) is 0 Å². The molecule has 0 atom stereocenters. The molecule has 0 amide bonds. The summed E-state index contributed by atoms with van der Waals surface area (Å²) in [6.07, 6.45) is 0. The van der Waals surface area contributed by atoms with Crippen molar-refractivity contribution in [2.45, 2.75) is 0 Å². The van der Waals surface area contributed by atoms with Gasteiger partial charge in [0.25, 0.3) is 0 Å². The second-order valence-electron chi connectivity index (χ2n) is 6.72. The van der Waals surface area contributed by atoms with E-state index in [1.807, 2.05) is 0 Å². The Bertz CT molecular complexity index is 1280. The first kappa shape index (κ1) is 16.5. The van der Waals surface area contributed by atoms with Gasteiger partial charge in [0.2, 0.25) is 0 Å². The number of halogens is 1. The Kier molecular flexibility index (Phi) is 4.17. The van der Waals surface area contributed by atoms with Crippen LogP contribution in [0, 0.1) is 3.57 Å². The second-order valence-corrected chi connectivity index (χ2v) is 7.88. The highest BCUT2D eigenvalue weighted by Gasteiger charge is 2.13. The molecule has 0 spiro atoms. The first-order valence-corrected chi connectivity index (χ1v) is 10.2. The first-order valence-electron chi connectivity index (χ1n) is 9.08. The fraction of sp³-hybridized carbons (Fsp3) is 0. The summed E-state index contributed by atoms with van der Waals surface area (Å²) in [5, 5.41) is 5.20. The van der Waals surface area contributed by atoms with E-state index >= 15 is 0 Å². The van der Waals surface area contributed by atoms with E-state index in [-0.39, 0.29) is 0 Å². The molecule has 128 valence electrons. The number of rotatable bonds is 2. The molecule has 5 aromatic carbocycles. The number of hydrogen-bond donors (Lipinski definition) is 0. The molecule has 0 aromatic heterocycles. The highest BCUT2D eigenvalue weighted by molar-refractivity contribution is 14.1. The third-order valence-corrected chi connectivity index (χ3v) is 6.09. The van der Waals surface area contributed by atoms with Gasteiger partial charge in [0.15, 0.2) is 0 Å². The Morgan fingerprint density at radius 2 is 0.926 bits per heavy atom. The second kappa shape index (κ2) is 6.82. The van der Waals surface area contributed by atoms with Gasteiger partial charge in [-0.15, -0.1) is 0 Å². The lowest BCUT2D eigenvalue weighted by Crippen LogP contribution is -1.90. The minimum Gasteiger partial charge on any atom is -0.0616 e. The summed E-state index contributed by atoms with van der Waals surface area (Å²) in [5.74, 6) is 0. The standard InChI is InChI=1S/C26H17I/c27-26-16-8-7-15-24(26)21-12-4-6-14-23(21)25-17-18-9-1-2-10-19(18)20-11-3-5-13-22(20)25/h1-17H. The van der Waals surface area contributed by atoms with Gasteiger partial charge < -0.3 is 0 Å². The van der Waals surface area contributed by atoms with E-state index in [0.29, 0.717) is 0 Å². The van der Waals surface area contributed by atoms with Crippen LogP contribution in [0.25, 0.3) is 43.8 Å². The van der Waals surface area contributed by atoms with Crippen molar-refractivity contribution in [2.24, 2.45) is 0 Å². The molecular weight excluding hydrogens is 439 g/mol. The predicted octanol–water partition coefficient (Wildman–Crippen LogP) is 7.93. The Balaban J connectivity index is 1.89. The molecule has 5 rings (SSSR count).